The molecule has 0 spiro atoms. The lowest BCUT2D eigenvalue weighted by molar-refractivity contribution is 0.332. The molecule has 1 N–H and O–H groups in total. The van der Waals surface area contributed by atoms with E-state index in [-0.39, 0.29) is 0 Å². The molecule has 1 aromatic rings. The Bertz CT molecular complexity index is 470. The summed E-state index contributed by atoms with van der Waals surface area (Å²) in [5.74, 6) is 2.19. The molecule has 1 saturated carbocycles. The Labute approximate surface area is 149 Å². The molecule has 5 heteroatoms. The van der Waals surface area contributed by atoms with E-state index in [1.54, 1.807) is 0 Å². The molecular weight excluding hydrogens is 414 g/mol. The van der Waals surface area contributed by atoms with Gasteiger partial charge in [0, 0.05) is 27.9 Å². The Kier molecular flexibility index (Phi) is 7.39. The van der Waals surface area contributed by atoms with Gasteiger partial charge in [0.2, 0.25) is 0 Å². The smallest absolute Gasteiger partial charge is 0.138 e. The number of ether oxygens (including phenoxy) is 1. The van der Waals surface area contributed by atoms with E-state index in [4.69, 9.17) is 4.74 Å². The van der Waals surface area contributed by atoms with Crippen molar-refractivity contribution >= 4 is 43.6 Å². The van der Waals surface area contributed by atoms with Gasteiger partial charge in [-0.05, 0) is 60.0 Å². The predicted molar refractivity (Wildman–Crippen MR) is 99.4 cm³/mol. The Morgan fingerprint density at radius 1 is 1.29 bits per heavy atom. The van der Waals surface area contributed by atoms with Crippen LogP contribution in [-0.2, 0) is 6.54 Å². The largest absolute Gasteiger partial charge is 0.492 e. The number of hydrogen-bond donors (Lipinski definition) is 1. The van der Waals surface area contributed by atoms with Crippen LogP contribution in [0.2, 0.25) is 0 Å². The summed E-state index contributed by atoms with van der Waals surface area (Å²) in [6, 6.07) is 4.83. The summed E-state index contributed by atoms with van der Waals surface area (Å²) in [5, 5.41) is 4.55. The van der Waals surface area contributed by atoms with E-state index in [0.29, 0.717) is 12.6 Å². The van der Waals surface area contributed by atoms with E-state index < -0.39 is 0 Å². The van der Waals surface area contributed by atoms with Gasteiger partial charge in [0.1, 0.15) is 5.75 Å². The standard InChI is InChI=1S/C16H23Br2NOS/c1-3-20-16-11(7-12(17)8-15(16)18)10-19-13-5-6-14(9-13)21-4-2/h7-8,13-14,19H,3-6,9-10H2,1-2H3. The van der Waals surface area contributed by atoms with E-state index in [2.05, 4.69) is 61.9 Å². The molecule has 2 atom stereocenters. The third-order valence-corrected chi connectivity index (χ3v) is 6.02. The van der Waals surface area contributed by atoms with Crippen molar-refractivity contribution in [2.24, 2.45) is 0 Å². The highest BCUT2D eigenvalue weighted by molar-refractivity contribution is 9.11. The zero-order valence-electron chi connectivity index (χ0n) is 12.6. The van der Waals surface area contributed by atoms with Crippen LogP contribution in [0, 0.1) is 0 Å². The lowest BCUT2D eigenvalue weighted by atomic mass is 10.1. The van der Waals surface area contributed by atoms with Crippen LogP contribution in [0.3, 0.4) is 0 Å². The lowest BCUT2D eigenvalue weighted by Gasteiger charge is -2.17. The van der Waals surface area contributed by atoms with Gasteiger partial charge in [-0.1, -0.05) is 22.9 Å². The average Bonchev–Trinajstić information content (AvgIpc) is 2.88. The molecule has 0 amide bonds. The Hall–Kier alpha value is 0.290. The van der Waals surface area contributed by atoms with Crippen LogP contribution in [0.1, 0.15) is 38.7 Å². The fourth-order valence-corrected chi connectivity index (χ4v) is 5.39. The first-order valence-electron chi connectivity index (χ1n) is 7.59. The molecule has 0 bridgehead atoms. The Balaban J connectivity index is 1.96. The summed E-state index contributed by atoms with van der Waals surface area (Å²) in [5.41, 5.74) is 1.21. The molecule has 1 aliphatic carbocycles. The molecule has 2 rings (SSSR count). The van der Waals surface area contributed by atoms with Gasteiger partial charge in [0.15, 0.2) is 0 Å². The monoisotopic (exact) mass is 435 g/mol. The van der Waals surface area contributed by atoms with Gasteiger partial charge in [-0.3, -0.25) is 0 Å². The van der Waals surface area contributed by atoms with Crippen molar-refractivity contribution < 1.29 is 4.74 Å². The summed E-state index contributed by atoms with van der Waals surface area (Å²) < 4.78 is 7.88. The van der Waals surface area contributed by atoms with Gasteiger partial charge in [-0.2, -0.15) is 11.8 Å². The molecule has 2 nitrogen and oxygen atoms in total. The first kappa shape index (κ1) is 17.6. The van der Waals surface area contributed by atoms with Gasteiger partial charge in [-0.15, -0.1) is 0 Å². The SMILES string of the molecule is CCOc1c(Br)cc(Br)cc1CNC1CCC(SCC)C1. The molecule has 118 valence electrons. The van der Waals surface area contributed by atoms with Crippen LogP contribution in [0.25, 0.3) is 0 Å². The summed E-state index contributed by atoms with van der Waals surface area (Å²) in [6.07, 6.45) is 3.92. The molecule has 0 saturated heterocycles. The third-order valence-electron chi connectivity index (χ3n) is 3.74. The fourth-order valence-electron chi connectivity index (χ4n) is 2.82. The fraction of sp³-hybridized carbons (Fsp3) is 0.625. The Morgan fingerprint density at radius 2 is 2.10 bits per heavy atom. The Morgan fingerprint density at radius 3 is 2.81 bits per heavy atom. The molecule has 0 aromatic heterocycles. The number of nitrogens with one attached hydrogen (secondary N) is 1. The van der Waals surface area contributed by atoms with E-state index >= 15 is 0 Å². The van der Waals surface area contributed by atoms with Crippen molar-refractivity contribution in [3.05, 3.63) is 26.6 Å². The predicted octanol–water partition coefficient (Wildman–Crippen LogP) is 5.37. The molecule has 0 radical (unpaired) electrons. The van der Waals surface area contributed by atoms with Crippen LogP contribution in [0.15, 0.2) is 21.1 Å². The minimum absolute atomic E-state index is 0.640. The number of hydrogen-bond acceptors (Lipinski definition) is 3. The second kappa shape index (κ2) is 8.80. The van der Waals surface area contributed by atoms with Crippen molar-refractivity contribution in [3.63, 3.8) is 0 Å². The third kappa shape index (κ3) is 5.15. The van der Waals surface area contributed by atoms with Crippen LogP contribution in [-0.4, -0.2) is 23.7 Å². The second-order valence-electron chi connectivity index (χ2n) is 5.28. The second-order valence-corrected chi connectivity index (χ2v) is 8.62. The van der Waals surface area contributed by atoms with Crippen molar-refractivity contribution in [1.82, 2.24) is 5.32 Å². The molecule has 1 aromatic carbocycles. The van der Waals surface area contributed by atoms with Crippen molar-refractivity contribution in [2.75, 3.05) is 12.4 Å². The number of thioether (sulfide) groups is 1. The van der Waals surface area contributed by atoms with Gasteiger partial charge >= 0.3 is 0 Å². The van der Waals surface area contributed by atoms with E-state index in [9.17, 15) is 0 Å². The first-order valence-corrected chi connectivity index (χ1v) is 10.2. The highest BCUT2D eigenvalue weighted by atomic mass is 79.9. The van der Waals surface area contributed by atoms with Crippen LogP contribution in [0.5, 0.6) is 5.75 Å². The number of benzene rings is 1. The average molecular weight is 437 g/mol. The van der Waals surface area contributed by atoms with E-state index in [1.165, 1.54) is 30.6 Å². The molecule has 0 heterocycles. The topological polar surface area (TPSA) is 21.3 Å². The molecular formula is C16H23Br2NOS. The highest BCUT2D eigenvalue weighted by Crippen LogP contribution is 2.34. The van der Waals surface area contributed by atoms with Crippen molar-refractivity contribution in [1.29, 1.82) is 0 Å². The molecule has 2 unspecified atom stereocenters. The quantitative estimate of drug-likeness (QED) is 0.620. The van der Waals surface area contributed by atoms with E-state index in [1.807, 2.05) is 13.0 Å². The molecule has 21 heavy (non-hydrogen) atoms. The van der Waals surface area contributed by atoms with Crippen molar-refractivity contribution in [2.45, 2.75) is 50.9 Å². The summed E-state index contributed by atoms with van der Waals surface area (Å²) in [7, 11) is 0. The summed E-state index contributed by atoms with van der Waals surface area (Å²) >= 11 is 9.26. The van der Waals surface area contributed by atoms with Gasteiger partial charge in [-0.25, -0.2) is 0 Å². The molecule has 0 aliphatic heterocycles. The normalized spacial score (nSPS) is 21.7. The minimum atomic E-state index is 0.640. The van der Waals surface area contributed by atoms with Gasteiger partial charge < -0.3 is 10.1 Å². The number of halogens is 2. The molecule has 1 fully saturated rings. The van der Waals surface area contributed by atoms with E-state index in [0.717, 1.165) is 26.5 Å². The van der Waals surface area contributed by atoms with Crippen LogP contribution in [0.4, 0.5) is 0 Å². The van der Waals surface area contributed by atoms with Gasteiger partial charge in [0.05, 0.1) is 11.1 Å². The maximum absolute atomic E-state index is 5.79. The lowest BCUT2D eigenvalue weighted by Crippen LogP contribution is -2.26. The van der Waals surface area contributed by atoms with Crippen LogP contribution >= 0.6 is 43.6 Å². The number of rotatable bonds is 7. The van der Waals surface area contributed by atoms with Crippen molar-refractivity contribution in [3.8, 4) is 5.75 Å². The maximum atomic E-state index is 5.79. The zero-order valence-corrected chi connectivity index (χ0v) is 16.6. The zero-order chi connectivity index (χ0) is 15.2. The minimum Gasteiger partial charge on any atom is -0.492 e. The van der Waals surface area contributed by atoms with Crippen LogP contribution < -0.4 is 10.1 Å². The maximum Gasteiger partial charge on any atom is 0.138 e. The first-order chi connectivity index (χ1) is 10.1. The molecule has 1 aliphatic rings. The van der Waals surface area contributed by atoms with Gasteiger partial charge in [0.25, 0.3) is 0 Å². The highest BCUT2D eigenvalue weighted by Gasteiger charge is 2.24. The summed E-state index contributed by atoms with van der Waals surface area (Å²) in [4.78, 5) is 0. The summed E-state index contributed by atoms with van der Waals surface area (Å²) in [6.45, 7) is 5.82.